The SMILES string of the molecule is OC1CCN(CCCNCC2=Cc3cc(Cl)cc(Cl)c3OC2)CC1. The second kappa shape index (κ2) is 8.54. The fourth-order valence-electron chi connectivity index (χ4n) is 3.19. The first kappa shape index (κ1) is 18.0. The summed E-state index contributed by atoms with van der Waals surface area (Å²) in [5.74, 6) is 0.720. The number of aliphatic hydroxyl groups excluding tert-OH is 1. The quantitative estimate of drug-likeness (QED) is 0.754. The number of benzene rings is 1. The minimum absolute atomic E-state index is 0.0949. The van der Waals surface area contributed by atoms with Gasteiger partial charge in [-0.1, -0.05) is 23.2 Å². The first-order valence-corrected chi connectivity index (χ1v) is 9.30. The normalized spacial score (nSPS) is 18.9. The van der Waals surface area contributed by atoms with Crippen molar-refractivity contribution in [3.8, 4) is 5.75 Å². The van der Waals surface area contributed by atoms with Gasteiger partial charge in [0.05, 0.1) is 11.1 Å². The largest absolute Gasteiger partial charge is 0.487 e. The highest BCUT2D eigenvalue weighted by Gasteiger charge is 2.17. The molecule has 0 unspecified atom stereocenters. The van der Waals surface area contributed by atoms with Crippen LogP contribution in [0, 0.1) is 0 Å². The number of hydrogen-bond donors (Lipinski definition) is 2. The standard InChI is InChI=1S/C18H24Cl2N2O2/c19-15-9-14-8-13(12-24-18(14)17(20)10-15)11-21-4-1-5-22-6-2-16(23)3-7-22/h8-10,16,21,23H,1-7,11-12H2. The Hall–Kier alpha value is -0.780. The van der Waals surface area contributed by atoms with Gasteiger partial charge in [-0.15, -0.1) is 0 Å². The van der Waals surface area contributed by atoms with Gasteiger partial charge in [-0.05, 0) is 56.1 Å². The Balaban J connectivity index is 1.40. The molecule has 0 atom stereocenters. The molecule has 132 valence electrons. The third-order valence-corrected chi connectivity index (χ3v) is 5.03. The van der Waals surface area contributed by atoms with E-state index in [0.717, 1.165) is 63.3 Å². The van der Waals surface area contributed by atoms with Crippen molar-refractivity contribution >= 4 is 29.3 Å². The summed E-state index contributed by atoms with van der Waals surface area (Å²) in [6.07, 6.45) is 4.93. The summed E-state index contributed by atoms with van der Waals surface area (Å²) in [6, 6.07) is 3.59. The Labute approximate surface area is 153 Å². The monoisotopic (exact) mass is 370 g/mol. The summed E-state index contributed by atoms with van der Waals surface area (Å²) in [5, 5.41) is 14.2. The van der Waals surface area contributed by atoms with E-state index in [9.17, 15) is 5.11 Å². The zero-order chi connectivity index (χ0) is 16.9. The van der Waals surface area contributed by atoms with E-state index in [1.807, 2.05) is 6.07 Å². The van der Waals surface area contributed by atoms with Crippen molar-refractivity contribution in [3.63, 3.8) is 0 Å². The van der Waals surface area contributed by atoms with Crippen molar-refractivity contribution in [1.29, 1.82) is 0 Å². The van der Waals surface area contributed by atoms with Gasteiger partial charge < -0.3 is 20.1 Å². The smallest absolute Gasteiger partial charge is 0.145 e. The third-order valence-electron chi connectivity index (χ3n) is 4.54. The number of ether oxygens (including phenoxy) is 1. The topological polar surface area (TPSA) is 44.7 Å². The van der Waals surface area contributed by atoms with Crippen LogP contribution in [0.5, 0.6) is 5.75 Å². The van der Waals surface area contributed by atoms with Crippen molar-refractivity contribution < 1.29 is 9.84 Å². The Morgan fingerprint density at radius 1 is 1.25 bits per heavy atom. The van der Waals surface area contributed by atoms with Crippen molar-refractivity contribution in [2.75, 3.05) is 39.3 Å². The number of rotatable bonds is 6. The molecule has 0 aliphatic carbocycles. The van der Waals surface area contributed by atoms with Crippen LogP contribution < -0.4 is 10.1 Å². The molecule has 1 fully saturated rings. The summed E-state index contributed by atoms with van der Waals surface area (Å²) < 4.78 is 5.75. The average molecular weight is 371 g/mol. The highest BCUT2D eigenvalue weighted by atomic mass is 35.5. The van der Waals surface area contributed by atoms with Gasteiger partial charge in [-0.3, -0.25) is 0 Å². The summed E-state index contributed by atoms with van der Waals surface area (Å²) in [7, 11) is 0. The predicted molar refractivity (Wildman–Crippen MR) is 99.1 cm³/mol. The fraction of sp³-hybridized carbons (Fsp3) is 0.556. The lowest BCUT2D eigenvalue weighted by molar-refractivity contribution is 0.0821. The zero-order valence-corrected chi connectivity index (χ0v) is 15.2. The first-order valence-electron chi connectivity index (χ1n) is 8.54. The Kier molecular flexibility index (Phi) is 6.42. The second-order valence-electron chi connectivity index (χ2n) is 6.50. The van der Waals surface area contributed by atoms with Crippen molar-refractivity contribution in [2.24, 2.45) is 0 Å². The van der Waals surface area contributed by atoms with Gasteiger partial charge in [0.2, 0.25) is 0 Å². The van der Waals surface area contributed by atoms with Gasteiger partial charge in [0, 0.05) is 30.2 Å². The van der Waals surface area contributed by atoms with Crippen molar-refractivity contribution in [1.82, 2.24) is 10.2 Å². The van der Waals surface area contributed by atoms with E-state index in [2.05, 4.69) is 16.3 Å². The van der Waals surface area contributed by atoms with Gasteiger partial charge in [0.25, 0.3) is 0 Å². The van der Waals surface area contributed by atoms with Crippen molar-refractivity contribution in [2.45, 2.75) is 25.4 Å². The van der Waals surface area contributed by atoms with E-state index >= 15 is 0 Å². The predicted octanol–water partition coefficient (Wildman–Crippen LogP) is 3.21. The van der Waals surface area contributed by atoms with Crippen molar-refractivity contribution in [3.05, 3.63) is 33.3 Å². The number of nitrogens with zero attached hydrogens (tertiary/aromatic N) is 1. The third kappa shape index (κ3) is 4.87. The molecular weight excluding hydrogens is 347 g/mol. The molecule has 2 aliphatic rings. The van der Waals surface area contributed by atoms with E-state index in [-0.39, 0.29) is 6.10 Å². The van der Waals surface area contributed by atoms with Crippen LogP contribution in [-0.2, 0) is 0 Å². The maximum Gasteiger partial charge on any atom is 0.145 e. The molecule has 2 heterocycles. The number of fused-ring (bicyclic) bond motifs is 1. The summed E-state index contributed by atoms with van der Waals surface area (Å²) in [6.45, 7) is 5.45. The molecule has 1 saturated heterocycles. The van der Waals surface area contributed by atoms with Crippen LogP contribution in [0.25, 0.3) is 6.08 Å². The van der Waals surface area contributed by atoms with Gasteiger partial charge >= 0.3 is 0 Å². The average Bonchev–Trinajstić information content (AvgIpc) is 2.56. The highest BCUT2D eigenvalue weighted by Crippen LogP contribution is 2.36. The summed E-state index contributed by atoms with van der Waals surface area (Å²) in [5.41, 5.74) is 2.14. The van der Waals surface area contributed by atoms with Gasteiger partial charge in [-0.25, -0.2) is 0 Å². The number of nitrogens with one attached hydrogen (secondary N) is 1. The number of halogens is 2. The molecule has 4 nitrogen and oxygen atoms in total. The van der Waals surface area contributed by atoms with Crippen LogP contribution in [0.2, 0.25) is 10.0 Å². The van der Waals surface area contributed by atoms with E-state index < -0.39 is 0 Å². The Bertz CT molecular complexity index is 599. The molecule has 6 heteroatoms. The summed E-state index contributed by atoms with van der Waals surface area (Å²) in [4.78, 5) is 2.43. The zero-order valence-electron chi connectivity index (χ0n) is 13.7. The fourth-order valence-corrected chi connectivity index (χ4v) is 3.75. The van der Waals surface area contributed by atoms with Crippen LogP contribution in [0.4, 0.5) is 0 Å². The number of likely N-dealkylation sites (tertiary alicyclic amines) is 1. The number of hydrogen-bond acceptors (Lipinski definition) is 4. The van der Waals surface area contributed by atoms with Gasteiger partial charge in [0.15, 0.2) is 0 Å². The lowest BCUT2D eigenvalue weighted by atomic mass is 10.1. The maximum atomic E-state index is 9.51. The number of piperidine rings is 1. The van der Waals surface area contributed by atoms with Crippen LogP contribution in [0.1, 0.15) is 24.8 Å². The molecule has 0 aromatic heterocycles. The molecule has 0 bridgehead atoms. The number of aliphatic hydroxyl groups is 1. The van der Waals surface area contributed by atoms with Crippen LogP contribution in [0.3, 0.4) is 0 Å². The Morgan fingerprint density at radius 3 is 2.83 bits per heavy atom. The molecule has 1 aromatic rings. The van der Waals surface area contributed by atoms with E-state index in [4.69, 9.17) is 27.9 Å². The molecule has 0 radical (unpaired) electrons. The van der Waals surface area contributed by atoms with Gasteiger partial charge in [0.1, 0.15) is 12.4 Å². The lowest BCUT2D eigenvalue weighted by Crippen LogP contribution is -2.37. The van der Waals surface area contributed by atoms with Gasteiger partial charge in [-0.2, -0.15) is 0 Å². The van der Waals surface area contributed by atoms with E-state index in [0.29, 0.717) is 16.7 Å². The van der Waals surface area contributed by atoms with Crippen LogP contribution in [-0.4, -0.2) is 55.4 Å². The maximum absolute atomic E-state index is 9.51. The molecule has 2 N–H and O–H groups in total. The van der Waals surface area contributed by atoms with Crippen LogP contribution in [0.15, 0.2) is 17.7 Å². The first-order chi connectivity index (χ1) is 11.6. The summed E-state index contributed by atoms with van der Waals surface area (Å²) >= 11 is 12.2. The van der Waals surface area contributed by atoms with Crippen LogP contribution >= 0.6 is 23.2 Å². The molecule has 0 saturated carbocycles. The van der Waals surface area contributed by atoms with E-state index in [1.165, 1.54) is 5.57 Å². The lowest BCUT2D eigenvalue weighted by Gasteiger charge is -2.29. The molecule has 2 aliphatic heterocycles. The minimum atomic E-state index is -0.0949. The highest BCUT2D eigenvalue weighted by molar-refractivity contribution is 6.36. The molecule has 0 spiro atoms. The molecule has 3 rings (SSSR count). The van der Waals surface area contributed by atoms with E-state index in [1.54, 1.807) is 6.07 Å². The molecule has 0 amide bonds. The minimum Gasteiger partial charge on any atom is -0.487 e. The second-order valence-corrected chi connectivity index (χ2v) is 7.34. The Morgan fingerprint density at radius 2 is 2.04 bits per heavy atom. The molecule has 1 aromatic carbocycles. The molecular formula is C18H24Cl2N2O2. The molecule has 24 heavy (non-hydrogen) atoms.